The topological polar surface area (TPSA) is 230 Å². The molecule has 0 radical (unpaired) electrons. The molecule has 0 saturated heterocycles. The van der Waals surface area contributed by atoms with Gasteiger partial charge in [-0.3, -0.25) is 19.2 Å². The number of aliphatic carboxylic acids is 1. The minimum Gasteiger partial charge on any atom is -0.480 e. The monoisotopic (exact) mass is 546 g/mol. The fraction of sp³-hybridized carbons (Fsp3) is 0.500. The van der Waals surface area contributed by atoms with Crippen molar-refractivity contribution in [2.45, 2.75) is 76.7 Å². The summed E-state index contributed by atoms with van der Waals surface area (Å²) in [5.74, 6) is -4.63. The number of aromatic amines is 1. The maximum absolute atomic E-state index is 13.5. The molecule has 1 heterocycles. The first-order chi connectivity index (χ1) is 18.3. The Morgan fingerprint density at radius 3 is 2.21 bits per heavy atom. The number of H-pyrrole nitrogens is 1. The first-order valence-electron chi connectivity index (χ1n) is 12.8. The van der Waals surface area contributed by atoms with E-state index in [9.17, 15) is 34.2 Å². The van der Waals surface area contributed by atoms with Crippen molar-refractivity contribution in [1.82, 2.24) is 20.9 Å². The van der Waals surface area contributed by atoms with Crippen LogP contribution in [0.1, 0.15) is 45.6 Å². The number of carbonyl (C=O) groups excluding carboxylic acids is 4. The lowest BCUT2D eigenvalue weighted by Gasteiger charge is -2.28. The average Bonchev–Trinajstić information content (AvgIpc) is 3.29. The van der Waals surface area contributed by atoms with Crippen LogP contribution >= 0.6 is 0 Å². The van der Waals surface area contributed by atoms with Crippen LogP contribution in [0.15, 0.2) is 30.5 Å². The van der Waals surface area contributed by atoms with E-state index in [0.29, 0.717) is 6.42 Å². The maximum Gasteiger partial charge on any atom is 0.328 e. The Bertz CT molecular complexity index is 1180. The largest absolute Gasteiger partial charge is 0.480 e. The summed E-state index contributed by atoms with van der Waals surface area (Å²) in [7, 11) is 0. The number of fused-ring (bicyclic) bond motifs is 1. The summed E-state index contributed by atoms with van der Waals surface area (Å²) in [4.78, 5) is 65.1. The summed E-state index contributed by atoms with van der Waals surface area (Å²) in [6.07, 6.45) is 0.708. The van der Waals surface area contributed by atoms with E-state index >= 15 is 0 Å². The predicted molar refractivity (Wildman–Crippen MR) is 143 cm³/mol. The van der Waals surface area contributed by atoms with Crippen molar-refractivity contribution < 1.29 is 34.2 Å². The Hall–Kier alpha value is -3.97. The van der Waals surface area contributed by atoms with Gasteiger partial charge in [-0.25, -0.2) is 4.79 Å². The smallest absolute Gasteiger partial charge is 0.328 e. The van der Waals surface area contributed by atoms with Gasteiger partial charge in [-0.2, -0.15) is 0 Å². The molecule has 2 rings (SSSR count). The lowest BCUT2D eigenvalue weighted by atomic mass is 9.96. The van der Waals surface area contributed by atoms with Gasteiger partial charge in [-0.1, -0.05) is 38.5 Å². The van der Waals surface area contributed by atoms with Gasteiger partial charge in [0.15, 0.2) is 6.04 Å². The van der Waals surface area contributed by atoms with Crippen LogP contribution in [0, 0.1) is 5.92 Å². The molecule has 0 aliphatic heterocycles. The number of nitrogens with one attached hydrogen (secondary N) is 4. The quantitative estimate of drug-likeness (QED) is 0.142. The molecular formula is C26H38N6O7. The fourth-order valence-corrected chi connectivity index (χ4v) is 4.02. The number of aliphatic hydroxyl groups excluding tert-OH is 1. The number of aromatic nitrogens is 1. The zero-order valence-electron chi connectivity index (χ0n) is 22.3. The minimum atomic E-state index is -1.58. The molecule has 6 atom stereocenters. The van der Waals surface area contributed by atoms with Crippen LogP contribution in [-0.4, -0.2) is 75.1 Å². The third-order valence-corrected chi connectivity index (χ3v) is 6.61. The molecule has 2 aromatic rings. The Labute approximate surface area is 226 Å². The molecule has 13 nitrogen and oxygen atoms in total. The van der Waals surface area contributed by atoms with Crippen molar-refractivity contribution in [1.29, 1.82) is 0 Å². The van der Waals surface area contributed by atoms with Crippen molar-refractivity contribution in [3.8, 4) is 0 Å². The van der Waals surface area contributed by atoms with E-state index in [-0.39, 0.29) is 19.3 Å². The van der Waals surface area contributed by atoms with Crippen LogP contribution in [0.25, 0.3) is 10.9 Å². The molecule has 4 amide bonds. The molecular weight excluding hydrogens is 508 g/mol. The van der Waals surface area contributed by atoms with Gasteiger partial charge in [-0.15, -0.1) is 0 Å². The van der Waals surface area contributed by atoms with E-state index in [0.717, 1.165) is 16.5 Å². The Morgan fingerprint density at radius 1 is 0.974 bits per heavy atom. The minimum absolute atomic E-state index is 0.0174. The number of hydrogen-bond donors (Lipinski definition) is 8. The standard InChI is InChI=1S/C26H38N6O7/c1-4-13(2)21(25(37)32-22(14(3)33)26(38)39)31-24(36)19(30-23(35)17(27)9-10-20(28)34)11-15-12-29-18-8-6-5-7-16(15)18/h5-8,12-14,17,19,21-22,29,33H,4,9-11,27H2,1-3H3,(H2,28,34)(H,30,35)(H,31,36)(H,32,37)(H,38,39). The first kappa shape index (κ1) is 31.2. The van der Waals surface area contributed by atoms with Crippen molar-refractivity contribution in [3.63, 3.8) is 0 Å². The number of carbonyl (C=O) groups is 5. The third-order valence-electron chi connectivity index (χ3n) is 6.61. The Kier molecular flexibility index (Phi) is 11.4. The van der Waals surface area contributed by atoms with Gasteiger partial charge < -0.3 is 42.6 Å². The van der Waals surface area contributed by atoms with Crippen LogP contribution in [0.3, 0.4) is 0 Å². The highest BCUT2D eigenvalue weighted by molar-refractivity contribution is 5.95. The highest BCUT2D eigenvalue weighted by Gasteiger charge is 2.34. The second kappa shape index (κ2) is 14.3. The average molecular weight is 547 g/mol. The maximum atomic E-state index is 13.5. The number of carboxylic acid groups (broad SMARTS) is 1. The number of amides is 4. The molecule has 1 aromatic heterocycles. The molecule has 214 valence electrons. The molecule has 0 aliphatic carbocycles. The van der Waals surface area contributed by atoms with Gasteiger partial charge in [0.05, 0.1) is 12.1 Å². The molecule has 0 aliphatic rings. The summed E-state index contributed by atoms with van der Waals surface area (Å²) in [6.45, 7) is 4.73. The van der Waals surface area contributed by atoms with Crippen LogP contribution in [0.2, 0.25) is 0 Å². The van der Waals surface area contributed by atoms with Crippen molar-refractivity contribution >= 4 is 40.5 Å². The molecule has 39 heavy (non-hydrogen) atoms. The van der Waals surface area contributed by atoms with E-state index in [2.05, 4.69) is 20.9 Å². The van der Waals surface area contributed by atoms with E-state index in [1.165, 1.54) is 6.92 Å². The number of aliphatic hydroxyl groups is 1. The number of nitrogens with two attached hydrogens (primary N) is 2. The second-order valence-corrected chi connectivity index (χ2v) is 9.67. The lowest BCUT2D eigenvalue weighted by molar-refractivity contribution is -0.145. The molecule has 13 heteroatoms. The zero-order valence-corrected chi connectivity index (χ0v) is 22.3. The number of hydrogen-bond acceptors (Lipinski definition) is 7. The number of benzene rings is 1. The van der Waals surface area contributed by atoms with Crippen LogP contribution < -0.4 is 27.4 Å². The molecule has 0 fully saturated rings. The normalized spacial score (nSPS) is 15.8. The van der Waals surface area contributed by atoms with E-state index in [4.69, 9.17) is 11.5 Å². The highest BCUT2D eigenvalue weighted by atomic mass is 16.4. The van der Waals surface area contributed by atoms with Gasteiger partial charge in [0, 0.05) is 29.9 Å². The molecule has 10 N–H and O–H groups in total. The number of para-hydroxylation sites is 1. The lowest BCUT2D eigenvalue weighted by Crippen LogP contribution is -2.60. The Balaban J connectivity index is 2.32. The fourth-order valence-electron chi connectivity index (χ4n) is 4.02. The van der Waals surface area contributed by atoms with E-state index < -0.39 is 65.8 Å². The summed E-state index contributed by atoms with van der Waals surface area (Å²) in [5.41, 5.74) is 12.6. The summed E-state index contributed by atoms with van der Waals surface area (Å²) in [5, 5.41) is 27.5. The summed E-state index contributed by atoms with van der Waals surface area (Å²) < 4.78 is 0. The number of carboxylic acids is 1. The molecule has 0 bridgehead atoms. The SMILES string of the molecule is CCC(C)C(NC(=O)C(Cc1c[nH]c2ccccc12)NC(=O)C(N)CCC(N)=O)C(=O)NC(C(=O)O)C(C)O. The number of rotatable bonds is 15. The summed E-state index contributed by atoms with van der Waals surface area (Å²) >= 11 is 0. The van der Waals surface area contributed by atoms with Crippen molar-refractivity contribution in [3.05, 3.63) is 36.0 Å². The molecule has 0 saturated carbocycles. The highest BCUT2D eigenvalue weighted by Crippen LogP contribution is 2.20. The third kappa shape index (κ3) is 8.79. The molecule has 6 unspecified atom stereocenters. The number of primary amides is 1. The van der Waals surface area contributed by atoms with Gasteiger partial charge in [0.2, 0.25) is 23.6 Å². The molecule has 1 aromatic carbocycles. The predicted octanol–water partition coefficient (Wildman–Crippen LogP) is -0.731. The van der Waals surface area contributed by atoms with Crippen molar-refractivity contribution in [2.75, 3.05) is 0 Å². The van der Waals surface area contributed by atoms with Crippen LogP contribution in [-0.2, 0) is 30.4 Å². The van der Waals surface area contributed by atoms with Crippen molar-refractivity contribution in [2.24, 2.45) is 17.4 Å². The van der Waals surface area contributed by atoms with E-state index in [1.54, 1.807) is 20.0 Å². The van der Waals surface area contributed by atoms with Gasteiger partial charge in [0.1, 0.15) is 12.1 Å². The first-order valence-corrected chi connectivity index (χ1v) is 12.8. The van der Waals surface area contributed by atoms with E-state index in [1.807, 2.05) is 24.3 Å². The van der Waals surface area contributed by atoms with Gasteiger partial charge in [0.25, 0.3) is 0 Å². The second-order valence-electron chi connectivity index (χ2n) is 9.67. The summed E-state index contributed by atoms with van der Waals surface area (Å²) in [6, 6.07) is 2.39. The van der Waals surface area contributed by atoms with Crippen LogP contribution in [0.4, 0.5) is 0 Å². The molecule has 0 spiro atoms. The Morgan fingerprint density at radius 2 is 1.62 bits per heavy atom. The van der Waals surface area contributed by atoms with Gasteiger partial charge in [-0.05, 0) is 30.9 Å². The zero-order chi connectivity index (χ0) is 29.3. The van der Waals surface area contributed by atoms with Crippen LogP contribution in [0.5, 0.6) is 0 Å². The van der Waals surface area contributed by atoms with Gasteiger partial charge >= 0.3 is 5.97 Å².